The van der Waals surface area contributed by atoms with Crippen LogP contribution in [0.15, 0.2) is 47.3 Å². The van der Waals surface area contributed by atoms with Gasteiger partial charge >= 0.3 is 0 Å². The van der Waals surface area contributed by atoms with Crippen LogP contribution in [0.25, 0.3) is 11.3 Å². The van der Waals surface area contributed by atoms with E-state index in [1.54, 1.807) is 6.07 Å². The van der Waals surface area contributed by atoms with E-state index >= 15 is 0 Å². The molecule has 122 valence electrons. The highest BCUT2D eigenvalue weighted by molar-refractivity contribution is 5.75. The Kier molecular flexibility index (Phi) is 6.05. The normalized spacial score (nSPS) is 10.7. The van der Waals surface area contributed by atoms with Gasteiger partial charge in [0, 0.05) is 31.1 Å². The fourth-order valence-corrected chi connectivity index (χ4v) is 2.09. The van der Waals surface area contributed by atoms with Gasteiger partial charge in [0.25, 0.3) is 5.56 Å². The van der Waals surface area contributed by atoms with E-state index in [2.05, 4.69) is 10.4 Å². The lowest BCUT2D eigenvalue weighted by molar-refractivity contribution is -0.121. The molecule has 0 saturated carbocycles. The van der Waals surface area contributed by atoms with E-state index in [1.165, 1.54) is 10.7 Å². The van der Waals surface area contributed by atoms with Crippen LogP contribution in [0.5, 0.6) is 0 Å². The van der Waals surface area contributed by atoms with Crippen molar-refractivity contribution in [3.63, 3.8) is 0 Å². The maximum Gasteiger partial charge on any atom is 0.266 e. The summed E-state index contributed by atoms with van der Waals surface area (Å²) in [5, 5.41) is 7.17. The molecule has 0 saturated heterocycles. The van der Waals surface area contributed by atoms with Crippen LogP contribution in [-0.4, -0.2) is 47.8 Å². The van der Waals surface area contributed by atoms with Crippen molar-refractivity contribution in [3.05, 3.63) is 52.8 Å². The summed E-state index contributed by atoms with van der Waals surface area (Å²) in [4.78, 5) is 25.7. The van der Waals surface area contributed by atoms with Gasteiger partial charge in [-0.25, -0.2) is 4.68 Å². The van der Waals surface area contributed by atoms with E-state index < -0.39 is 0 Å². The van der Waals surface area contributed by atoms with E-state index in [-0.39, 0.29) is 24.4 Å². The molecule has 6 nitrogen and oxygen atoms in total. The highest BCUT2D eigenvalue weighted by Crippen LogP contribution is 2.13. The first-order chi connectivity index (χ1) is 11.1. The second-order valence-corrected chi connectivity index (χ2v) is 5.55. The minimum atomic E-state index is -0.203. The van der Waals surface area contributed by atoms with E-state index in [1.807, 2.05) is 49.3 Å². The second kappa shape index (κ2) is 8.24. The van der Waals surface area contributed by atoms with Gasteiger partial charge in [-0.3, -0.25) is 9.59 Å². The molecular formula is C17H22N4O2. The van der Waals surface area contributed by atoms with Gasteiger partial charge in [0.15, 0.2) is 0 Å². The number of carbonyl (C=O) groups is 1. The molecule has 1 amide bonds. The Labute approximate surface area is 135 Å². The molecule has 0 radical (unpaired) electrons. The Hall–Kier alpha value is -2.47. The average Bonchev–Trinajstić information content (AvgIpc) is 2.54. The summed E-state index contributed by atoms with van der Waals surface area (Å²) >= 11 is 0. The fraction of sp³-hybridized carbons (Fsp3) is 0.353. The number of benzene rings is 1. The minimum Gasteiger partial charge on any atom is -0.355 e. The van der Waals surface area contributed by atoms with Crippen molar-refractivity contribution in [1.82, 2.24) is 20.0 Å². The van der Waals surface area contributed by atoms with Crippen molar-refractivity contribution >= 4 is 5.91 Å². The van der Waals surface area contributed by atoms with Gasteiger partial charge in [0.1, 0.15) is 0 Å². The third-order valence-electron chi connectivity index (χ3n) is 3.37. The van der Waals surface area contributed by atoms with Crippen molar-refractivity contribution in [2.75, 3.05) is 27.2 Å². The molecule has 0 unspecified atom stereocenters. The topological polar surface area (TPSA) is 67.2 Å². The molecule has 23 heavy (non-hydrogen) atoms. The number of hydrogen-bond donors (Lipinski definition) is 1. The summed E-state index contributed by atoms with van der Waals surface area (Å²) < 4.78 is 1.34. The number of nitrogens with zero attached hydrogens (tertiary/aromatic N) is 3. The number of carbonyl (C=O) groups excluding carboxylic acids is 1. The summed E-state index contributed by atoms with van der Waals surface area (Å²) in [6.07, 6.45) is 0.235. The van der Waals surface area contributed by atoms with Crippen molar-refractivity contribution in [2.45, 2.75) is 13.0 Å². The molecule has 0 aliphatic rings. The summed E-state index contributed by atoms with van der Waals surface area (Å²) in [6.45, 7) is 1.65. The van der Waals surface area contributed by atoms with Gasteiger partial charge in [-0.15, -0.1) is 0 Å². The molecule has 0 aliphatic carbocycles. The molecule has 0 bridgehead atoms. The van der Waals surface area contributed by atoms with Crippen LogP contribution in [0.2, 0.25) is 0 Å². The van der Waals surface area contributed by atoms with Crippen molar-refractivity contribution in [2.24, 2.45) is 0 Å². The highest BCUT2D eigenvalue weighted by Gasteiger charge is 2.06. The molecule has 2 rings (SSSR count). The van der Waals surface area contributed by atoms with Gasteiger partial charge in [-0.1, -0.05) is 30.3 Å². The monoisotopic (exact) mass is 314 g/mol. The Bertz CT molecular complexity index is 695. The summed E-state index contributed by atoms with van der Waals surface area (Å²) in [7, 11) is 3.90. The predicted molar refractivity (Wildman–Crippen MR) is 90.1 cm³/mol. The van der Waals surface area contributed by atoms with Gasteiger partial charge in [0.2, 0.25) is 5.91 Å². The number of likely N-dealkylation sites (N-methyl/N-ethyl adjacent to an activating group) is 1. The molecule has 0 fully saturated rings. The minimum absolute atomic E-state index is 0.0781. The van der Waals surface area contributed by atoms with E-state index in [0.717, 1.165) is 17.8 Å². The molecular weight excluding hydrogens is 292 g/mol. The number of amides is 1. The van der Waals surface area contributed by atoms with Crippen LogP contribution in [0, 0.1) is 0 Å². The molecule has 1 aromatic carbocycles. The summed E-state index contributed by atoms with van der Waals surface area (Å²) in [5.41, 5.74) is 1.46. The molecule has 0 spiro atoms. The van der Waals surface area contributed by atoms with E-state index in [4.69, 9.17) is 0 Å². The fourth-order valence-electron chi connectivity index (χ4n) is 2.09. The average molecular weight is 314 g/mol. The third-order valence-corrected chi connectivity index (χ3v) is 3.37. The van der Waals surface area contributed by atoms with Gasteiger partial charge in [-0.2, -0.15) is 5.10 Å². The first kappa shape index (κ1) is 16.9. The Morgan fingerprint density at radius 1 is 1.17 bits per heavy atom. The lowest BCUT2D eigenvalue weighted by Gasteiger charge is -2.11. The maximum atomic E-state index is 11.9. The highest BCUT2D eigenvalue weighted by atomic mass is 16.2. The predicted octanol–water partition coefficient (Wildman–Crippen LogP) is 0.978. The van der Waals surface area contributed by atoms with Crippen molar-refractivity contribution in [1.29, 1.82) is 0 Å². The summed E-state index contributed by atoms with van der Waals surface area (Å²) in [6, 6.07) is 12.8. The first-order valence-electron chi connectivity index (χ1n) is 7.61. The number of aryl methyl sites for hydroxylation is 1. The SMILES string of the molecule is CN(C)CCNC(=O)CCn1nc(-c2ccccc2)ccc1=O. The van der Waals surface area contributed by atoms with Crippen LogP contribution >= 0.6 is 0 Å². The van der Waals surface area contributed by atoms with E-state index in [0.29, 0.717) is 6.54 Å². The lowest BCUT2D eigenvalue weighted by atomic mass is 10.1. The molecule has 1 N–H and O–H groups in total. The van der Waals surface area contributed by atoms with Crippen LogP contribution in [0.3, 0.4) is 0 Å². The zero-order valence-corrected chi connectivity index (χ0v) is 13.5. The molecule has 1 heterocycles. The Morgan fingerprint density at radius 3 is 2.61 bits per heavy atom. The van der Waals surface area contributed by atoms with Crippen molar-refractivity contribution in [3.8, 4) is 11.3 Å². The van der Waals surface area contributed by atoms with E-state index in [9.17, 15) is 9.59 Å². The quantitative estimate of drug-likeness (QED) is 0.827. The number of nitrogens with one attached hydrogen (secondary N) is 1. The zero-order valence-electron chi connectivity index (χ0n) is 13.5. The summed E-state index contributed by atoms with van der Waals surface area (Å²) in [5.74, 6) is -0.0781. The largest absolute Gasteiger partial charge is 0.355 e. The standard InChI is InChI=1S/C17H22N4O2/c1-20(2)13-11-18-16(22)10-12-21-17(23)9-8-15(19-21)14-6-4-3-5-7-14/h3-9H,10-13H2,1-2H3,(H,18,22). The Morgan fingerprint density at radius 2 is 1.91 bits per heavy atom. The van der Waals surface area contributed by atoms with Crippen LogP contribution in [0.4, 0.5) is 0 Å². The van der Waals surface area contributed by atoms with Crippen LogP contribution in [0.1, 0.15) is 6.42 Å². The maximum absolute atomic E-state index is 11.9. The molecule has 0 atom stereocenters. The second-order valence-electron chi connectivity index (χ2n) is 5.55. The first-order valence-corrected chi connectivity index (χ1v) is 7.61. The molecule has 6 heteroatoms. The number of rotatable bonds is 7. The van der Waals surface area contributed by atoms with Gasteiger partial charge in [-0.05, 0) is 20.2 Å². The molecule has 2 aromatic rings. The smallest absolute Gasteiger partial charge is 0.266 e. The molecule has 1 aromatic heterocycles. The van der Waals surface area contributed by atoms with Crippen LogP contribution in [-0.2, 0) is 11.3 Å². The van der Waals surface area contributed by atoms with Gasteiger partial charge in [0.05, 0.1) is 12.2 Å². The lowest BCUT2D eigenvalue weighted by Crippen LogP contribution is -2.33. The van der Waals surface area contributed by atoms with Gasteiger partial charge < -0.3 is 10.2 Å². The number of hydrogen-bond acceptors (Lipinski definition) is 4. The number of aromatic nitrogens is 2. The Balaban J connectivity index is 1.97. The molecule has 0 aliphatic heterocycles. The van der Waals surface area contributed by atoms with Crippen LogP contribution < -0.4 is 10.9 Å². The third kappa shape index (κ3) is 5.34. The van der Waals surface area contributed by atoms with Crippen molar-refractivity contribution < 1.29 is 4.79 Å². The zero-order chi connectivity index (χ0) is 16.7.